The zero-order valence-electron chi connectivity index (χ0n) is 11.7. The number of hydrogen-bond donors (Lipinski definition) is 1. The molecule has 2 amide bonds. The first-order valence-corrected chi connectivity index (χ1v) is 6.76. The Balaban J connectivity index is 2.26. The average Bonchev–Trinajstić information content (AvgIpc) is 2.41. The molecule has 2 atom stereocenters. The van der Waals surface area contributed by atoms with Gasteiger partial charge in [-0.25, -0.2) is 4.39 Å². The van der Waals surface area contributed by atoms with Crippen molar-refractivity contribution in [3.8, 4) is 0 Å². The van der Waals surface area contributed by atoms with Crippen LogP contribution in [0, 0.1) is 18.7 Å². The molecule has 1 fully saturated rings. The second kappa shape index (κ2) is 5.61. The summed E-state index contributed by atoms with van der Waals surface area (Å²) in [6, 6.07) is 4.44. The van der Waals surface area contributed by atoms with Gasteiger partial charge in [-0.1, -0.05) is 11.6 Å². The van der Waals surface area contributed by atoms with Crippen molar-refractivity contribution < 1.29 is 14.0 Å². The first kappa shape index (κ1) is 14.5. The number of nitrogens with zero attached hydrogens (tertiary/aromatic N) is 1. The number of nitrogens with two attached hydrogens (primary N) is 1. The van der Waals surface area contributed by atoms with Crippen molar-refractivity contribution in [3.05, 3.63) is 35.1 Å². The van der Waals surface area contributed by atoms with Crippen LogP contribution in [-0.2, 0) is 4.79 Å². The highest BCUT2D eigenvalue weighted by atomic mass is 19.1. The molecule has 5 heteroatoms. The molecule has 2 unspecified atom stereocenters. The number of aryl methyl sites for hydroxylation is 1. The van der Waals surface area contributed by atoms with E-state index in [4.69, 9.17) is 5.73 Å². The van der Waals surface area contributed by atoms with Crippen LogP contribution in [0.15, 0.2) is 18.2 Å². The number of carbonyl (C=O) groups is 2. The molecule has 1 heterocycles. The second-order valence-electron chi connectivity index (χ2n) is 5.47. The molecule has 2 N–H and O–H groups in total. The maximum atomic E-state index is 13.8. The number of hydrogen-bond acceptors (Lipinski definition) is 2. The number of rotatable bonds is 2. The van der Waals surface area contributed by atoms with Crippen LogP contribution < -0.4 is 5.73 Å². The molecule has 0 aromatic heterocycles. The quantitative estimate of drug-likeness (QED) is 0.897. The SMILES string of the molecule is Cc1ccc(F)c(C(=O)N2CC(C(N)=O)CCC2C)c1. The van der Waals surface area contributed by atoms with E-state index in [2.05, 4.69) is 0 Å². The van der Waals surface area contributed by atoms with E-state index in [9.17, 15) is 14.0 Å². The van der Waals surface area contributed by atoms with Crippen LogP contribution in [0.2, 0.25) is 0 Å². The predicted molar refractivity (Wildman–Crippen MR) is 73.6 cm³/mol. The minimum absolute atomic E-state index is 0.0157. The normalized spacial score (nSPS) is 22.6. The van der Waals surface area contributed by atoms with E-state index in [1.807, 2.05) is 13.8 Å². The molecule has 2 rings (SSSR count). The third-order valence-electron chi connectivity index (χ3n) is 3.90. The largest absolute Gasteiger partial charge is 0.369 e. The molecular weight excluding hydrogens is 259 g/mol. The molecule has 0 radical (unpaired) electrons. The highest BCUT2D eigenvalue weighted by molar-refractivity contribution is 5.95. The molecule has 1 aromatic rings. The number of piperidine rings is 1. The topological polar surface area (TPSA) is 63.4 Å². The molecule has 4 nitrogen and oxygen atoms in total. The summed E-state index contributed by atoms with van der Waals surface area (Å²) in [4.78, 5) is 25.3. The molecular formula is C15H19FN2O2. The summed E-state index contributed by atoms with van der Waals surface area (Å²) >= 11 is 0. The lowest BCUT2D eigenvalue weighted by Crippen LogP contribution is -2.48. The van der Waals surface area contributed by atoms with E-state index in [0.29, 0.717) is 12.8 Å². The van der Waals surface area contributed by atoms with E-state index in [-0.39, 0.29) is 30.0 Å². The molecule has 1 aromatic carbocycles. The molecule has 0 aliphatic carbocycles. The van der Waals surface area contributed by atoms with Crippen LogP contribution in [0.4, 0.5) is 4.39 Å². The van der Waals surface area contributed by atoms with Crippen LogP contribution in [0.3, 0.4) is 0 Å². The Morgan fingerprint density at radius 2 is 2.05 bits per heavy atom. The lowest BCUT2D eigenvalue weighted by atomic mass is 9.92. The van der Waals surface area contributed by atoms with E-state index in [1.54, 1.807) is 11.0 Å². The molecule has 108 valence electrons. The average molecular weight is 278 g/mol. The monoisotopic (exact) mass is 278 g/mol. The Morgan fingerprint density at radius 1 is 1.35 bits per heavy atom. The van der Waals surface area contributed by atoms with Crippen LogP contribution in [-0.4, -0.2) is 29.3 Å². The molecule has 0 bridgehead atoms. The molecule has 1 aliphatic heterocycles. The van der Waals surface area contributed by atoms with Crippen molar-refractivity contribution in [2.24, 2.45) is 11.7 Å². The lowest BCUT2D eigenvalue weighted by molar-refractivity contribution is -0.123. The van der Waals surface area contributed by atoms with Gasteiger partial charge in [0.1, 0.15) is 5.82 Å². The summed E-state index contributed by atoms with van der Waals surface area (Å²) in [6.45, 7) is 3.98. The Kier molecular flexibility index (Phi) is 4.06. The van der Waals surface area contributed by atoms with Gasteiger partial charge < -0.3 is 10.6 Å². The van der Waals surface area contributed by atoms with Crippen molar-refractivity contribution in [1.82, 2.24) is 4.90 Å². The van der Waals surface area contributed by atoms with Crippen LogP contribution in [0.5, 0.6) is 0 Å². The van der Waals surface area contributed by atoms with E-state index >= 15 is 0 Å². The highest BCUT2D eigenvalue weighted by Crippen LogP contribution is 2.24. The molecule has 0 saturated carbocycles. The summed E-state index contributed by atoms with van der Waals surface area (Å²) in [6.07, 6.45) is 1.38. The number of halogens is 1. The van der Waals surface area contributed by atoms with Gasteiger partial charge in [-0.15, -0.1) is 0 Å². The maximum absolute atomic E-state index is 13.8. The molecule has 1 saturated heterocycles. The number of amides is 2. The fourth-order valence-electron chi connectivity index (χ4n) is 2.58. The van der Waals surface area contributed by atoms with Crippen molar-refractivity contribution in [2.45, 2.75) is 32.7 Å². The summed E-state index contributed by atoms with van der Waals surface area (Å²) in [5, 5.41) is 0. The third kappa shape index (κ3) is 2.81. The smallest absolute Gasteiger partial charge is 0.257 e. The summed E-state index contributed by atoms with van der Waals surface area (Å²) in [5.74, 6) is -1.65. The fourth-order valence-corrected chi connectivity index (χ4v) is 2.58. The van der Waals surface area contributed by atoms with Gasteiger partial charge in [0.15, 0.2) is 0 Å². The van der Waals surface area contributed by atoms with Crippen molar-refractivity contribution in [1.29, 1.82) is 0 Å². The van der Waals surface area contributed by atoms with E-state index in [1.165, 1.54) is 12.1 Å². The summed E-state index contributed by atoms with van der Waals surface area (Å²) in [7, 11) is 0. The first-order valence-electron chi connectivity index (χ1n) is 6.76. The second-order valence-corrected chi connectivity index (χ2v) is 5.47. The number of primary amides is 1. The van der Waals surface area contributed by atoms with Gasteiger partial charge in [-0.3, -0.25) is 9.59 Å². The van der Waals surface area contributed by atoms with Gasteiger partial charge in [0.2, 0.25) is 5.91 Å². The van der Waals surface area contributed by atoms with Crippen LogP contribution >= 0.6 is 0 Å². The number of benzene rings is 1. The Morgan fingerprint density at radius 3 is 2.70 bits per heavy atom. The standard InChI is InChI=1S/C15H19FN2O2/c1-9-3-6-13(16)12(7-9)15(20)18-8-11(14(17)19)5-4-10(18)2/h3,6-7,10-11H,4-5,8H2,1-2H3,(H2,17,19). The Hall–Kier alpha value is -1.91. The molecule has 0 spiro atoms. The Bertz CT molecular complexity index is 545. The van der Waals surface area contributed by atoms with Crippen molar-refractivity contribution in [2.75, 3.05) is 6.54 Å². The van der Waals surface area contributed by atoms with Crippen LogP contribution in [0.1, 0.15) is 35.7 Å². The van der Waals surface area contributed by atoms with Crippen molar-refractivity contribution >= 4 is 11.8 Å². The number of likely N-dealkylation sites (tertiary alicyclic amines) is 1. The third-order valence-corrected chi connectivity index (χ3v) is 3.90. The fraction of sp³-hybridized carbons (Fsp3) is 0.467. The minimum atomic E-state index is -0.533. The first-order chi connectivity index (χ1) is 9.40. The van der Waals surface area contributed by atoms with Crippen molar-refractivity contribution in [3.63, 3.8) is 0 Å². The van der Waals surface area contributed by atoms with Gasteiger partial charge in [0.05, 0.1) is 11.5 Å². The van der Waals surface area contributed by atoms with Gasteiger partial charge >= 0.3 is 0 Å². The zero-order valence-corrected chi connectivity index (χ0v) is 11.7. The predicted octanol–water partition coefficient (Wildman–Crippen LogP) is 1.86. The van der Waals surface area contributed by atoms with Gasteiger partial charge in [-0.2, -0.15) is 0 Å². The van der Waals surface area contributed by atoms with Gasteiger partial charge in [-0.05, 0) is 38.8 Å². The van der Waals surface area contributed by atoms with Gasteiger partial charge in [0.25, 0.3) is 5.91 Å². The van der Waals surface area contributed by atoms with E-state index < -0.39 is 11.7 Å². The number of carbonyl (C=O) groups excluding carboxylic acids is 2. The summed E-state index contributed by atoms with van der Waals surface area (Å²) < 4.78 is 13.8. The molecule has 1 aliphatic rings. The minimum Gasteiger partial charge on any atom is -0.369 e. The Labute approximate surface area is 117 Å². The highest BCUT2D eigenvalue weighted by Gasteiger charge is 2.32. The molecule has 20 heavy (non-hydrogen) atoms. The van der Waals surface area contributed by atoms with E-state index in [0.717, 1.165) is 5.56 Å². The van der Waals surface area contributed by atoms with Crippen LogP contribution in [0.25, 0.3) is 0 Å². The summed E-state index contributed by atoms with van der Waals surface area (Å²) in [5.41, 5.74) is 6.20. The van der Waals surface area contributed by atoms with Gasteiger partial charge in [0, 0.05) is 12.6 Å². The maximum Gasteiger partial charge on any atom is 0.257 e. The lowest BCUT2D eigenvalue weighted by Gasteiger charge is -2.37. The zero-order chi connectivity index (χ0) is 14.9.